The zero-order valence-corrected chi connectivity index (χ0v) is 15.8. The second-order valence-corrected chi connectivity index (χ2v) is 6.74. The van der Waals surface area contributed by atoms with Crippen LogP contribution in [0.25, 0.3) is 0 Å². The Labute approximate surface area is 163 Å². The first-order valence-corrected chi connectivity index (χ1v) is 9.24. The van der Waals surface area contributed by atoms with E-state index in [-0.39, 0.29) is 24.6 Å². The van der Waals surface area contributed by atoms with Crippen LogP contribution in [-0.2, 0) is 16.0 Å². The summed E-state index contributed by atoms with van der Waals surface area (Å²) in [6.07, 6.45) is 0.671. The Kier molecular flexibility index (Phi) is 6.32. The molecule has 0 aliphatic carbocycles. The number of nitrogens with zero attached hydrogens (tertiary/aromatic N) is 1. The standard InChI is InChI=1S/C20H22ClN3O3/c1-2-14-6-8-17(9-7-14)24-12-18(27-13-19(24)25)11-22-20(26)23-16-5-3-4-15(21)10-16/h3-10,18H,2,11-13H2,1H3,(H2,22,23,26). The quantitative estimate of drug-likeness (QED) is 0.825. The molecule has 0 spiro atoms. The van der Waals surface area contributed by atoms with Crippen LogP contribution in [0.15, 0.2) is 48.5 Å². The minimum atomic E-state index is -0.350. The molecule has 1 unspecified atom stereocenters. The number of benzene rings is 2. The van der Waals surface area contributed by atoms with Gasteiger partial charge in [-0.1, -0.05) is 36.7 Å². The van der Waals surface area contributed by atoms with Gasteiger partial charge < -0.3 is 20.3 Å². The van der Waals surface area contributed by atoms with Gasteiger partial charge in [0.1, 0.15) is 6.61 Å². The number of ether oxygens (including phenoxy) is 1. The second-order valence-electron chi connectivity index (χ2n) is 6.30. The molecule has 7 heteroatoms. The van der Waals surface area contributed by atoms with Gasteiger partial charge in [-0.3, -0.25) is 4.79 Å². The number of hydrogen-bond donors (Lipinski definition) is 2. The van der Waals surface area contributed by atoms with Crippen molar-refractivity contribution in [2.24, 2.45) is 0 Å². The molecule has 1 heterocycles. The normalized spacial score (nSPS) is 16.9. The predicted octanol–water partition coefficient (Wildman–Crippen LogP) is 3.46. The smallest absolute Gasteiger partial charge is 0.319 e. The van der Waals surface area contributed by atoms with Crippen molar-refractivity contribution in [2.45, 2.75) is 19.4 Å². The third-order valence-electron chi connectivity index (χ3n) is 4.36. The first-order valence-electron chi connectivity index (χ1n) is 8.86. The van der Waals surface area contributed by atoms with Gasteiger partial charge in [0.25, 0.3) is 5.91 Å². The van der Waals surface area contributed by atoms with Crippen LogP contribution in [0.4, 0.5) is 16.2 Å². The van der Waals surface area contributed by atoms with Gasteiger partial charge in [-0.25, -0.2) is 4.79 Å². The maximum Gasteiger partial charge on any atom is 0.319 e. The fourth-order valence-corrected chi connectivity index (χ4v) is 3.05. The Morgan fingerprint density at radius 1 is 1.26 bits per heavy atom. The third-order valence-corrected chi connectivity index (χ3v) is 4.59. The molecule has 1 saturated heterocycles. The molecule has 0 aromatic heterocycles. The number of anilines is 2. The molecule has 2 aromatic carbocycles. The van der Waals surface area contributed by atoms with Gasteiger partial charge in [-0.2, -0.15) is 0 Å². The lowest BCUT2D eigenvalue weighted by Gasteiger charge is -2.33. The molecule has 3 amide bonds. The zero-order chi connectivity index (χ0) is 19.2. The van der Waals surface area contributed by atoms with E-state index in [0.717, 1.165) is 12.1 Å². The van der Waals surface area contributed by atoms with Crippen molar-refractivity contribution < 1.29 is 14.3 Å². The molecule has 0 bridgehead atoms. The fraction of sp³-hybridized carbons (Fsp3) is 0.300. The zero-order valence-electron chi connectivity index (χ0n) is 15.1. The first-order chi connectivity index (χ1) is 13.0. The minimum absolute atomic E-state index is 0.00219. The van der Waals surface area contributed by atoms with Gasteiger partial charge in [0.05, 0.1) is 12.6 Å². The van der Waals surface area contributed by atoms with Crippen molar-refractivity contribution >= 4 is 34.9 Å². The van der Waals surface area contributed by atoms with E-state index < -0.39 is 0 Å². The number of carbonyl (C=O) groups excluding carboxylic acids is 2. The van der Waals surface area contributed by atoms with Crippen LogP contribution in [0.2, 0.25) is 5.02 Å². The largest absolute Gasteiger partial charge is 0.365 e. The predicted molar refractivity (Wildman–Crippen MR) is 106 cm³/mol. The number of aryl methyl sites for hydroxylation is 1. The molecule has 3 rings (SSSR count). The van der Waals surface area contributed by atoms with Crippen LogP contribution in [-0.4, -0.2) is 37.7 Å². The van der Waals surface area contributed by atoms with E-state index in [1.165, 1.54) is 5.56 Å². The van der Waals surface area contributed by atoms with Gasteiger partial charge in [0, 0.05) is 22.9 Å². The first kappa shape index (κ1) is 19.2. The summed E-state index contributed by atoms with van der Waals surface area (Å²) in [5, 5.41) is 6.03. The molecule has 6 nitrogen and oxygen atoms in total. The van der Waals surface area contributed by atoms with Crippen LogP contribution >= 0.6 is 11.6 Å². The van der Waals surface area contributed by atoms with Crippen LogP contribution in [0.5, 0.6) is 0 Å². The van der Waals surface area contributed by atoms with E-state index in [4.69, 9.17) is 16.3 Å². The lowest BCUT2D eigenvalue weighted by molar-refractivity contribution is -0.129. The Hall–Kier alpha value is -2.57. The van der Waals surface area contributed by atoms with E-state index in [1.807, 2.05) is 24.3 Å². The van der Waals surface area contributed by atoms with E-state index in [1.54, 1.807) is 29.2 Å². The van der Waals surface area contributed by atoms with Gasteiger partial charge in [-0.05, 0) is 42.3 Å². The number of urea groups is 1. The van der Waals surface area contributed by atoms with Gasteiger partial charge in [-0.15, -0.1) is 0 Å². The van der Waals surface area contributed by atoms with Crippen molar-refractivity contribution in [2.75, 3.05) is 29.9 Å². The van der Waals surface area contributed by atoms with Crippen molar-refractivity contribution in [1.29, 1.82) is 0 Å². The number of rotatable bonds is 5. The second kappa shape index (κ2) is 8.88. The Morgan fingerprint density at radius 2 is 2.04 bits per heavy atom. The maximum atomic E-state index is 12.2. The van der Waals surface area contributed by atoms with Crippen LogP contribution in [0.1, 0.15) is 12.5 Å². The van der Waals surface area contributed by atoms with E-state index >= 15 is 0 Å². The lowest BCUT2D eigenvalue weighted by atomic mass is 10.1. The lowest BCUT2D eigenvalue weighted by Crippen LogP contribution is -2.51. The van der Waals surface area contributed by atoms with Gasteiger partial charge >= 0.3 is 6.03 Å². The number of halogens is 1. The highest BCUT2D eigenvalue weighted by Gasteiger charge is 2.27. The average molecular weight is 388 g/mol. The number of morpholine rings is 1. The van der Waals surface area contributed by atoms with Gasteiger partial charge in [0.15, 0.2) is 0 Å². The van der Waals surface area contributed by atoms with E-state index in [0.29, 0.717) is 23.8 Å². The van der Waals surface area contributed by atoms with Crippen LogP contribution in [0.3, 0.4) is 0 Å². The molecular formula is C20H22ClN3O3. The summed E-state index contributed by atoms with van der Waals surface area (Å²) in [4.78, 5) is 25.9. The minimum Gasteiger partial charge on any atom is -0.365 e. The third kappa shape index (κ3) is 5.21. The summed E-state index contributed by atoms with van der Waals surface area (Å²) in [5.74, 6) is -0.0844. The molecule has 1 aliphatic rings. The molecule has 1 aliphatic heterocycles. The highest BCUT2D eigenvalue weighted by molar-refractivity contribution is 6.30. The van der Waals surface area contributed by atoms with E-state index in [9.17, 15) is 9.59 Å². The molecule has 1 fully saturated rings. The molecular weight excluding hydrogens is 366 g/mol. The summed E-state index contributed by atoms with van der Waals surface area (Å²) in [7, 11) is 0. The number of hydrogen-bond acceptors (Lipinski definition) is 3. The molecule has 0 saturated carbocycles. The molecule has 1 atom stereocenters. The Bertz CT molecular complexity index is 810. The topological polar surface area (TPSA) is 70.7 Å². The van der Waals surface area contributed by atoms with Crippen molar-refractivity contribution in [3.8, 4) is 0 Å². The Balaban J connectivity index is 1.54. The molecule has 2 N–H and O–H groups in total. The van der Waals surface area contributed by atoms with Crippen LogP contribution in [0, 0.1) is 0 Å². The Morgan fingerprint density at radius 3 is 2.74 bits per heavy atom. The van der Waals surface area contributed by atoms with Gasteiger partial charge in [0.2, 0.25) is 0 Å². The molecule has 0 radical (unpaired) electrons. The fourth-order valence-electron chi connectivity index (χ4n) is 2.86. The van der Waals surface area contributed by atoms with Crippen molar-refractivity contribution in [3.05, 3.63) is 59.1 Å². The molecule has 2 aromatic rings. The van der Waals surface area contributed by atoms with Crippen LogP contribution < -0.4 is 15.5 Å². The van der Waals surface area contributed by atoms with Crippen molar-refractivity contribution in [3.63, 3.8) is 0 Å². The molecule has 27 heavy (non-hydrogen) atoms. The number of carbonyl (C=O) groups is 2. The van der Waals surface area contributed by atoms with Crippen molar-refractivity contribution in [1.82, 2.24) is 5.32 Å². The summed E-state index contributed by atoms with van der Waals surface area (Å²) in [5.41, 5.74) is 2.67. The maximum absolute atomic E-state index is 12.2. The summed E-state index contributed by atoms with van der Waals surface area (Å²) in [6.45, 7) is 2.77. The monoisotopic (exact) mass is 387 g/mol. The highest BCUT2D eigenvalue weighted by Crippen LogP contribution is 2.20. The molecule has 142 valence electrons. The van der Waals surface area contributed by atoms with E-state index in [2.05, 4.69) is 17.6 Å². The number of amides is 3. The summed E-state index contributed by atoms with van der Waals surface area (Å²) in [6, 6.07) is 14.5. The average Bonchev–Trinajstić information content (AvgIpc) is 2.67. The number of nitrogens with one attached hydrogen (secondary N) is 2. The SMILES string of the molecule is CCc1ccc(N2CC(CNC(=O)Nc3cccc(Cl)c3)OCC2=O)cc1. The summed E-state index contributed by atoms with van der Waals surface area (Å²) >= 11 is 5.90. The summed E-state index contributed by atoms with van der Waals surface area (Å²) < 4.78 is 5.55. The highest BCUT2D eigenvalue weighted by atomic mass is 35.5.